The lowest BCUT2D eigenvalue weighted by Crippen LogP contribution is -2.41. The average Bonchev–Trinajstić information content (AvgIpc) is 3.14. The summed E-state index contributed by atoms with van der Waals surface area (Å²) in [4.78, 5) is 25.2. The van der Waals surface area contributed by atoms with E-state index in [4.69, 9.17) is 4.74 Å². The zero-order valence-electron chi connectivity index (χ0n) is 20.1. The number of hydrogen-bond donors (Lipinski definition) is 2. The van der Waals surface area contributed by atoms with Gasteiger partial charge in [-0.3, -0.25) is 24.7 Å². The van der Waals surface area contributed by atoms with Gasteiger partial charge in [-0.1, -0.05) is 43.3 Å². The highest BCUT2D eigenvalue weighted by atomic mass is 32.2. The maximum atomic E-state index is 13.2. The minimum Gasteiger partial charge on any atom is -0.494 e. The van der Waals surface area contributed by atoms with E-state index < -0.39 is 21.8 Å². The molecule has 0 saturated heterocycles. The number of amides is 2. The molecule has 4 aromatic carbocycles. The molecular formula is C28H25N3O5S. The number of sulfonamides is 1. The Kier molecular flexibility index (Phi) is 6.54. The minimum atomic E-state index is -3.68. The first-order valence-corrected chi connectivity index (χ1v) is 13.3. The summed E-state index contributed by atoms with van der Waals surface area (Å²) < 4.78 is 33.3. The molecule has 2 N–H and O–H groups in total. The van der Waals surface area contributed by atoms with Crippen LogP contribution in [-0.4, -0.2) is 26.8 Å². The molecule has 0 spiro atoms. The summed E-state index contributed by atoms with van der Waals surface area (Å²) in [5.74, 6) is -0.279. The van der Waals surface area contributed by atoms with Gasteiger partial charge in [-0.05, 0) is 65.9 Å². The fourth-order valence-electron chi connectivity index (χ4n) is 4.24. The van der Waals surface area contributed by atoms with Crippen LogP contribution in [-0.2, 0) is 16.6 Å². The molecule has 1 aliphatic rings. The van der Waals surface area contributed by atoms with Gasteiger partial charge in [-0.25, -0.2) is 8.42 Å². The van der Waals surface area contributed by atoms with Crippen LogP contribution in [0.3, 0.4) is 0 Å². The molecule has 9 heteroatoms. The zero-order chi connectivity index (χ0) is 26.0. The van der Waals surface area contributed by atoms with E-state index in [0.29, 0.717) is 34.1 Å². The highest BCUT2D eigenvalue weighted by molar-refractivity contribution is 7.93. The fraction of sp³-hybridized carbons (Fsp3) is 0.143. The highest BCUT2D eigenvalue weighted by Crippen LogP contribution is 2.42. The van der Waals surface area contributed by atoms with Crippen LogP contribution >= 0.6 is 0 Å². The first-order valence-electron chi connectivity index (χ1n) is 11.9. The van der Waals surface area contributed by atoms with E-state index in [2.05, 4.69) is 10.9 Å². The predicted molar refractivity (Wildman–Crippen MR) is 141 cm³/mol. The number of hydrogen-bond acceptors (Lipinski definition) is 5. The topological polar surface area (TPSA) is 105 Å². The standard InChI is InChI=1S/C28H25N3O5S/c1-2-17-36-23-15-13-22(14-16-23)28(33)30-29-27(32)21-11-9-19(10-12-21)18-31-24-7-3-5-20-6-4-8-25(26(20)24)37(31,34)35/h3-16H,2,17-18H2,1H3,(H,29,32)(H,30,33). The number of carbonyl (C=O) groups is 2. The number of carbonyl (C=O) groups excluding carboxylic acids is 2. The van der Waals surface area contributed by atoms with Gasteiger partial charge in [0.05, 0.1) is 23.7 Å². The number of anilines is 1. The molecule has 0 atom stereocenters. The van der Waals surface area contributed by atoms with Gasteiger partial charge in [-0.15, -0.1) is 0 Å². The summed E-state index contributed by atoms with van der Waals surface area (Å²) in [6.45, 7) is 2.74. The average molecular weight is 516 g/mol. The monoisotopic (exact) mass is 515 g/mol. The number of benzene rings is 4. The van der Waals surface area contributed by atoms with E-state index >= 15 is 0 Å². The molecular weight excluding hydrogens is 490 g/mol. The molecule has 188 valence electrons. The summed E-state index contributed by atoms with van der Waals surface area (Å²) in [7, 11) is -3.68. The summed E-state index contributed by atoms with van der Waals surface area (Å²) in [6, 6.07) is 24.0. The lowest BCUT2D eigenvalue weighted by atomic mass is 10.1. The van der Waals surface area contributed by atoms with Crippen LogP contribution in [0.2, 0.25) is 0 Å². The van der Waals surface area contributed by atoms with E-state index in [1.807, 2.05) is 25.1 Å². The molecule has 4 aromatic rings. The van der Waals surface area contributed by atoms with Crippen molar-refractivity contribution in [1.82, 2.24) is 10.9 Å². The molecule has 8 nitrogen and oxygen atoms in total. The first kappa shape index (κ1) is 24.3. The highest BCUT2D eigenvalue weighted by Gasteiger charge is 2.35. The smallest absolute Gasteiger partial charge is 0.269 e. The lowest BCUT2D eigenvalue weighted by Gasteiger charge is -2.19. The van der Waals surface area contributed by atoms with Crippen LogP contribution in [0.5, 0.6) is 5.75 Å². The Morgan fingerprint density at radius 2 is 1.41 bits per heavy atom. The van der Waals surface area contributed by atoms with Gasteiger partial charge in [-0.2, -0.15) is 0 Å². The normalized spacial score (nSPS) is 13.4. The van der Waals surface area contributed by atoms with Gasteiger partial charge < -0.3 is 4.74 Å². The molecule has 2 amide bonds. The number of nitrogens with zero attached hydrogens (tertiary/aromatic N) is 1. The van der Waals surface area contributed by atoms with Crippen molar-refractivity contribution < 1.29 is 22.7 Å². The zero-order valence-corrected chi connectivity index (χ0v) is 20.9. The molecule has 0 aliphatic carbocycles. The molecule has 0 bridgehead atoms. The second-order valence-electron chi connectivity index (χ2n) is 8.62. The van der Waals surface area contributed by atoms with Gasteiger partial charge in [0, 0.05) is 16.5 Å². The van der Waals surface area contributed by atoms with E-state index in [1.165, 1.54) is 4.31 Å². The molecule has 37 heavy (non-hydrogen) atoms. The van der Waals surface area contributed by atoms with E-state index in [0.717, 1.165) is 22.8 Å². The first-order chi connectivity index (χ1) is 17.9. The van der Waals surface area contributed by atoms with E-state index in [-0.39, 0.29) is 6.54 Å². The second kappa shape index (κ2) is 9.94. The van der Waals surface area contributed by atoms with Crippen molar-refractivity contribution in [3.63, 3.8) is 0 Å². The Labute approximate surface area is 214 Å². The van der Waals surface area contributed by atoms with Crippen molar-refractivity contribution >= 4 is 38.3 Å². The molecule has 5 rings (SSSR count). The largest absolute Gasteiger partial charge is 0.494 e. The van der Waals surface area contributed by atoms with Crippen LogP contribution in [0.15, 0.2) is 89.8 Å². The van der Waals surface area contributed by atoms with Gasteiger partial charge in [0.1, 0.15) is 5.75 Å². The minimum absolute atomic E-state index is 0.132. The molecule has 0 fully saturated rings. The van der Waals surface area contributed by atoms with E-state index in [1.54, 1.807) is 66.7 Å². The molecule has 0 radical (unpaired) electrons. The van der Waals surface area contributed by atoms with Crippen LogP contribution in [0, 0.1) is 0 Å². The van der Waals surface area contributed by atoms with Gasteiger partial charge in [0.25, 0.3) is 21.8 Å². The maximum Gasteiger partial charge on any atom is 0.269 e. The lowest BCUT2D eigenvalue weighted by molar-refractivity contribution is 0.0846. The Hall–Kier alpha value is -4.37. The van der Waals surface area contributed by atoms with Crippen molar-refractivity contribution in [1.29, 1.82) is 0 Å². The van der Waals surface area contributed by atoms with Gasteiger partial charge in [0.2, 0.25) is 0 Å². The third kappa shape index (κ3) is 4.73. The molecule has 0 aromatic heterocycles. The Morgan fingerprint density at radius 3 is 2.03 bits per heavy atom. The van der Waals surface area contributed by atoms with E-state index in [9.17, 15) is 18.0 Å². The Balaban J connectivity index is 1.22. The van der Waals surface area contributed by atoms with Crippen molar-refractivity contribution in [3.8, 4) is 5.75 Å². The summed E-state index contributed by atoms with van der Waals surface area (Å²) in [6.07, 6.45) is 0.886. The fourth-order valence-corrected chi connectivity index (χ4v) is 5.93. The third-order valence-electron chi connectivity index (χ3n) is 6.10. The summed E-state index contributed by atoms with van der Waals surface area (Å²) in [5.41, 5.74) is 6.86. The van der Waals surface area contributed by atoms with Crippen LogP contribution in [0.4, 0.5) is 5.69 Å². The number of hydrazine groups is 1. The van der Waals surface area contributed by atoms with Crippen molar-refractivity contribution in [2.75, 3.05) is 10.9 Å². The van der Waals surface area contributed by atoms with Crippen LogP contribution in [0.1, 0.15) is 39.6 Å². The second-order valence-corrected chi connectivity index (χ2v) is 10.5. The van der Waals surface area contributed by atoms with Crippen LogP contribution < -0.4 is 19.9 Å². The number of ether oxygens (including phenoxy) is 1. The van der Waals surface area contributed by atoms with Gasteiger partial charge >= 0.3 is 0 Å². The maximum absolute atomic E-state index is 13.2. The summed E-state index contributed by atoms with van der Waals surface area (Å²) >= 11 is 0. The SMILES string of the molecule is CCCOc1ccc(C(=O)NNC(=O)c2ccc(CN3c4cccc5cccc(c45)S3(=O)=O)cc2)cc1. The predicted octanol–water partition coefficient (Wildman–Crippen LogP) is 4.41. The Morgan fingerprint density at radius 1 is 0.811 bits per heavy atom. The number of rotatable bonds is 7. The Bertz CT molecular complexity index is 1580. The van der Waals surface area contributed by atoms with Crippen molar-refractivity contribution in [2.45, 2.75) is 24.8 Å². The molecule has 1 heterocycles. The van der Waals surface area contributed by atoms with Gasteiger partial charge in [0.15, 0.2) is 0 Å². The summed E-state index contributed by atoms with van der Waals surface area (Å²) in [5, 5.41) is 1.59. The third-order valence-corrected chi connectivity index (χ3v) is 7.90. The van der Waals surface area contributed by atoms with Crippen LogP contribution in [0.25, 0.3) is 10.8 Å². The number of nitrogens with one attached hydrogen (secondary N) is 2. The van der Waals surface area contributed by atoms with Crippen molar-refractivity contribution in [3.05, 3.63) is 102 Å². The molecule has 0 saturated carbocycles. The quantitative estimate of drug-likeness (QED) is 0.355. The molecule has 0 unspecified atom stereocenters. The molecule has 1 aliphatic heterocycles. The van der Waals surface area contributed by atoms with Crippen molar-refractivity contribution in [2.24, 2.45) is 0 Å².